The van der Waals surface area contributed by atoms with Gasteiger partial charge in [0, 0.05) is 21.7 Å². The van der Waals surface area contributed by atoms with E-state index in [1.165, 1.54) is 24.3 Å². The van der Waals surface area contributed by atoms with Crippen molar-refractivity contribution in [1.82, 2.24) is 0 Å². The van der Waals surface area contributed by atoms with Gasteiger partial charge in [-0.25, -0.2) is 0 Å². The van der Waals surface area contributed by atoms with Crippen molar-refractivity contribution < 1.29 is 14.2 Å². The molecule has 0 atom stereocenters. The van der Waals surface area contributed by atoms with Gasteiger partial charge in [-0.3, -0.25) is 9.59 Å². The third-order valence-electron chi connectivity index (χ3n) is 3.17. The molecule has 2 aromatic carbocycles. The lowest BCUT2D eigenvalue weighted by atomic mass is 10.2. The second kappa shape index (κ2) is 6.15. The normalized spacial score (nSPS) is 11.2. The van der Waals surface area contributed by atoms with Gasteiger partial charge in [0.1, 0.15) is 7.14 Å². The van der Waals surface area contributed by atoms with Gasteiger partial charge in [-0.05, 0) is 54.1 Å². The highest BCUT2D eigenvalue weighted by molar-refractivity contribution is 7.78. The summed E-state index contributed by atoms with van der Waals surface area (Å²) in [5, 5.41) is 0.0955. The van der Waals surface area contributed by atoms with Crippen molar-refractivity contribution >= 4 is 51.4 Å². The molecule has 0 aromatic heterocycles. The molecule has 0 radical (unpaired) electrons. The van der Waals surface area contributed by atoms with Crippen molar-refractivity contribution in [3.63, 3.8) is 0 Å². The molecule has 0 aliphatic carbocycles. The molecule has 3 nitrogen and oxygen atoms in total. The maximum Gasteiger partial charge on any atom is 0.252 e. The molecular formula is C15H11Cl2O3P. The average Bonchev–Trinajstić information content (AvgIpc) is 2.47. The van der Waals surface area contributed by atoms with Gasteiger partial charge in [0.2, 0.25) is 0 Å². The number of halogens is 2. The fraction of sp³-hybridized carbons (Fsp3) is 0.0667. The summed E-state index contributed by atoms with van der Waals surface area (Å²) in [5.41, 5.74) is 0.701. The molecule has 0 heterocycles. The van der Waals surface area contributed by atoms with Crippen LogP contribution in [-0.4, -0.2) is 17.1 Å². The monoisotopic (exact) mass is 340 g/mol. The molecule has 0 saturated carbocycles. The fourth-order valence-electron chi connectivity index (χ4n) is 1.90. The Morgan fingerprint density at radius 3 is 1.29 bits per heavy atom. The fourth-order valence-corrected chi connectivity index (χ4v) is 3.89. The Balaban J connectivity index is 2.38. The largest absolute Gasteiger partial charge is 0.314 e. The smallest absolute Gasteiger partial charge is 0.252 e. The van der Waals surface area contributed by atoms with Crippen LogP contribution in [0.3, 0.4) is 0 Å². The lowest BCUT2D eigenvalue weighted by Crippen LogP contribution is -2.15. The zero-order chi connectivity index (χ0) is 15.6. The minimum absolute atomic E-state index is 0.350. The molecule has 0 fully saturated rings. The molecular weight excluding hydrogens is 330 g/mol. The van der Waals surface area contributed by atoms with Crippen LogP contribution in [0.25, 0.3) is 0 Å². The molecule has 0 bridgehead atoms. The first kappa shape index (κ1) is 16.0. The SMILES string of the molecule is CP(=O)(c1ccc(C(=O)Cl)cc1)c1ccc(C(=O)Cl)cc1. The molecule has 21 heavy (non-hydrogen) atoms. The Morgan fingerprint density at radius 1 is 0.762 bits per heavy atom. The van der Waals surface area contributed by atoms with Crippen LogP contribution in [-0.2, 0) is 4.57 Å². The van der Waals surface area contributed by atoms with E-state index in [0.29, 0.717) is 21.7 Å². The van der Waals surface area contributed by atoms with Crippen LogP contribution in [0.1, 0.15) is 20.7 Å². The van der Waals surface area contributed by atoms with Crippen LogP contribution >= 0.6 is 30.3 Å². The van der Waals surface area contributed by atoms with E-state index < -0.39 is 17.6 Å². The zero-order valence-electron chi connectivity index (χ0n) is 11.0. The van der Waals surface area contributed by atoms with Gasteiger partial charge in [-0.15, -0.1) is 0 Å². The van der Waals surface area contributed by atoms with E-state index in [-0.39, 0.29) is 0 Å². The molecule has 0 amide bonds. The molecule has 0 spiro atoms. The topological polar surface area (TPSA) is 51.2 Å². The predicted molar refractivity (Wildman–Crippen MR) is 86.0 cm³/mol. The Morgan fingerprint density at radius 2 is 1.05 bits per heavy atom. The number of hydrogen-bond donors (Lipinski definition) is 0. The Hall–Kier alpha value is -1.41. The lowest BCUT2D eigenvalue weighted by molar-refractivity contribution is 0.107. The molecule has 2 aromatic rings. The van der Waals surface area contributed by atoms with E-state index in [9.17, 15) is 14.2 Å². The van der Waals surface area contributed by atoms with Crippen molar-refractivity contribution in [3.05, 3.63) is 59.7 Å². The van der Waals surface area contributed by atoms with Crippen molar-refractivity contribution in [2.24, 2.45) is 0 Å². The number of carbonyl (C=O) groups is 2. The van der Waals surface area contributed by atoms with Gasteiger partial charge in [-0.2, -0.15) is 0 Å². The predicted octanol–water partition coefficient (Wildman–Crippen LogP) is 3.39. The third kappa shape index (κ3) is 3.44. The minimum atomic E-state index is -2.81. The number of hydrogen-bond acceptors (Lipinski definition) is 3. The molecule has 0 N–H and O–H groups in total. The molecule has 2 rings (SSSR count). The summed E-state index contributed by atoms with van der Waals surface area (Å²) < 4.78 is 12.9. The maximum atomic E-state index is 12.9. The molecule has 6 heteroatoms. The maximum absolute atomic E-state index is 12.9. The summed E-state index contributed by atoms with van der Waals surface area (Å²) in [6, 6.07) is 12.6. The van der Waals surface area contributed by atoms with E-state index in [1.807, 2.05) is 0 Å². The second-order valence-electron chi connectivity index (χ2n) is 4.57. The summed E-state index contributed by atoms with van der Waals surface area (Å²) in [5.74, 6) is 0. The highest BCUT2D eigenvalue weighted by Crippen LogP contribution is 2.38. The van der Waals surface area contributed by atoms with Gasteiger partial charge in [0.25, 0.3) is 10.5 Å². The average molecular weight is 341 g/mol. The molecule has 0 saturated heterocycles. The first-order chi connectivity index (χ1) is 9.82. The Bertz CT molecular complexity index is 675. The first-order valence-corrected chi connectivity index (χ1v) is 8.92. The Labute approximate surface area is 132 Å². The summed E-state index contributed by atoms with van der Waals surface area (Å²) in [6.07, 6.45) is 0. The second-order valence-corrected chi connectivity index (χ2v) is 8.13. The molecule has 0 aliphatic heterocycles. The quantitative estimate of drug-likeness (QED) is 0.633. The Kier molecular flexibility index (Phi) is 4.67. The van der Waals surface area contributed by atoms with Crippen LogP contribution in [0, 0.1) is 0 Å². The van der Waals surface area contributed by atoms with E-state index in [0.717, 1.165) is 0 Å². The van der Waals surface area contributed by atoms with Crippen LogP contribution in [0.15, 0.2) is 48.5 Å². The van der Waals surface area contributed by atoms with Gasteiger partial charge in [-0.1, -0.05) is 24.3 Å². The zero-order valence-corrected chi connectivity index (χ0v) is 13.5. The van der Waals surface area contributed by atoms with Crippen molar-refractivity contribution in [1.29, 1.82) is 0 Å². The number of rotatable bonds is 4. The van der Waals surface area contributed by atoms with Crippen molar-refractivity contribution in [2.45, 2.75) is 0 Å². The molecule has 0 aliphatic rings. The van der Waals surface area contributed by atoms with E-state index in [1.54, 1.807) is 30.9 Å². The summed E-state index contributed by atoms with van der Waals surface area (Å²) in [6.45, 7) is 1.63. The minimum Gasteiger partial charge on any atom is -0.314 e. The third-order valence-corrected chi connectivity index (χ3v) is 6.18. The van der Waals surface area contributed by atoms with Gasteiger partial charge in [0.15, 0.2) is 0 Å². The highest BCUT2D eigenvalue weighted by atomic mass is 35.5. The lowest BCUT2D eigenvalue weighted by Gasteiger charge is -2.14. The molecule has 0 unspecified atom stereocenters. The summed E-state index contributed by atoms with van der Waals surface area (Å²) in [7, 11) is -2.81. The van der Waals surface area contributed by atoms with Crippen LogP contribution in [0.4, 0.5) is 0 Å². The van der Waals surface area contributed by atoms with E-state index >= 15 is 0 Å². The summed E-state index contributed by atoms with van der Waals surface area (Å²) >= 11 is 10.8. The van der Waals surface area contributed by atoms with Crippen LogP contribution in [0.2, 0.25) is 0 Å². The standard InChI is InChI=1S/C15H11Cl2O3P/c1-21(20,12-6-2-10(3-7-12)14(16)18)13-8-4-11(5-9-13)15(17)19/h2-9H,1H3. The first-order valence-electron chi connectivity index (χ1n) is 6.01. The van der Waals surface area contributed by atoms with Gasteiger partial charge >= 0.3 is 0 Å². The molecule has 108 valence electrons. The van der Waals surface area contributed by atoms with Gasteiger partial charge < -0.3 is 4.57 Å². The van der Waals surface area contributed by atoms with Crippen LogP contribution in [0.5, 0.6) is 0 Å². The van der Waals surface area contributed by atoms with Crippen molar-refractivity contribution in [2.75, 3.05) is 6.66 Å². The van der Waals surface area contributed by atoms with E-state index in [2.05, 4.69) is 0 Å². The number of carbonyl (C=O) groups excluding carboxylic acids is 2. The van der Waals surface area contributed by atoms with Crippen molar-refractivity contribution in [3.8, 4) is 0 Å². The summed E-state index contributed by atoms with van der Waals surface area (Å²) in [4.78, 5) is 22.1. The number of benzene rings is 2. The van der Waals surface area contributed by atoms with Gasteiger partial charge in [0.05, 0.1) is 0 Å². The highest BCUT2D eigenvalue weighted by Gasteiger charge is 2.21. The van der Waals surface area contributed by atoms with E-state index in [4.69, 9.17) is 23.2 Å². The van der Waals surface area contributed by atoms with Crippen LogP contribution < -0.4 is 10.6 Å².